The van der Waals surface area contributed by atoms with Gasteiger partial charge in [0.05, 0.1) is 0 Å². The van der Waals surface area contributed by atoms with Crippen molar-refractivity contribution in [1.82, 2.24) is 0 Å². The molecule has 0 aliphatic carbocycles. The van der Waals surface area contributed by atoms with Crippen LogP contribution in [-0.2, 0) is 0 Å². The highest BCUT2D eigenvalue weighted by Crippen LogP contribution is 2.21. The minimum Gasteiger partial charge on any atom is -0.489 e. The Kier molecular flexibility index (Phi) is 4.06. The molecule has 0 saturated carbocycles. The minimum absolute atomic E-state index is 0.250. The third kappa shape index (κ3) is 2.92. The Morgan fingerprint density at radius 2 is 2.08 bits per heavy atom. The largest absolute Gasteiger partial charge is 0.489 e. The monoisotopic (exact) mass is 178 g/mol. The number of ether oxygens (including phenoxy) is 1. The summed E-state index contributed by atoms with van der Waals surface area (Å²) in [6.07, 6.45) is 4.10. The van der Waals surface area contributed by atoms with Gasteiger partial charge < -0.3 is 9.84 Å². The molecule has 0 saturated heterocycles. The molecule has 0 radical (unpaired) electrons. The van der Waals surface area contributed by atoms with Gasteiger partial charge in [-0.05, 0) is 19.1 Å². The molecule has 1 aromatic carbocycles. The average molecular weight is 178 g/mol. The summed E-state index contributed by atoms with van der Waals surface area (Å²) in [7, 11) is 0. The summed E-state index contributed by atoms with van der Waals surface area (Å²) in [6.45, 7) is 2.64. The van der Waals surface area contributed by atoms with Crippen molar-refractivity contribution in [2.24, 2.45) is 0 Å². The van der Waals surface area contributed by atoms with Gasteiger partial charge in [-0.25, -0.2) is 0 Å². The third-order valence-electron chi connectivity index (χ3n) is 1.55. The molecular formula is C11H14O2. The molecule has 1 aliphatic heterocycles. The third-order valence-corrected chi connectivity index (χ3v) is 1.55. The van der Waals surface area contributed by atoms with Gasteiger partial charge in [-0.3, -0.25) is 0 Å². The van der Waals surface area contributed by atoms with Crippen LogP contribution in [0.15, 0.2) is 30.3 Å². The van der Waals surface area contributed by atoms with Gasteiger partial charge in [0.2, 0.25) is 0 Å². The van der Waals surface area contributed by atoms with Gasteiger partial charge in [0.1, 0.15) is 12.4 Å². The van der Waals surface area contributed by atoms with Crippen LogP contribution < -0.4 is 4.74 Å². The summed E-state index contributed by atoms with van der Waals surface area (Å²) in [6, 6.07) is 8.03. The fraction of sp³-hybridized carbons (Fsp3) is 0.273. The van der Waals surface area contributed by atoms with E-state index < -0.39 is 0 Å². The van der Waals surface area contributed by atoms with Gasteiger partial charge in [-0.1, -0.05) is 24.3 Å². The van der Waals surface area contributed by atoms with Gasteiger partial charge in [-0.15, -0.1) is 0 Å². The molecular weight excluding hydrogens is 164 g/mol. The molecule has 0 spiro atoms. The molecule has 0 fully saturated rings. The molecule has 0 bridgehead atoms. The van der Waals surface area contributed by atoms with Gasteiger partial charge >= 0.3 is 0 Å². The summed E-state index contributed by atoms with van der Waals surface area (Å²) < 4.78 is 5.34. The number of rotatable bonds is 0. The van der Waals surface area contributed by atoms with E-state index in [0.717, 1.165) is 5.75 Å². The maximum Gasteiger partial charge on any atom is 0.126 e. The van der Waals surface area contributed by atoms with Crippen molar-refractivity contribution in [2.75, 3.05) is 13.2 Å². The van der Waals surface area contributed by atoms with E-state index in [-0.39, 0.29) is 6.61 Å². The standard InChI is InChI=1S/C9H8O.C2H6O/c1-2-6-9-8(4-1)5-3-7-10-9;1-2-3/h1-6H,7H2;3H,2H2,1H3. The molecule has 0 atom stereocenters. The van der Waals surface area contributed by atoms with Crippen LogP contribution in [0.4, 0.5) is 0 Å². The Morgan fingerprint density at radius 3 is 2.77 bits per heavy atom. The molecule has 1 N–H and O–H groups in total. The van der Waals surface area contributed by atoms with Crippen molar-refractivity contribution in [3.05, 3.63) is 35.9 Å². The maximum absolute atomic E-state index is 7.57. The number of para-hydroxylation sites is 1. The first-order valence-electron chi connectivity index (χ1n) is 4.37. The van der Waals surface area contributed by atoms with Crippen LogP contribution in [0.25, 0.3) is 6.08 Å². The topological polar surface area (TPSA) is 29.5 Å². The number of aliphatic hydroxyl groups excluding tert-OH is 1. The minimum atomic E-state index is 0.250. The molecule has 1 heterocycles. The van der Waals surface area contributed by atoms with E-state index in [2.05, 4.69) is 6.08 Å². The van der Waals surface area contributed by atoms with Crippen LogP contribution in [-0.4, -0.2) is 18.3 Å². The van der Waals surface area contributed by atoms with E-state index >= 15 is 0 Å². The van der Waals surface area contributed by atoms with Gasteiger partial charge in [0, 0.05) is 12.2 Å². The first-order chi connectivity index (χ1) is 6.38. The molecule has 2 rings (SSSR count). The highest BCUT2D eigenvalue weighted by Gasteiger charge is 2.01. The quantitative estimate of drug-likeness (QED) is 0.659. The lowest BCUT2D eigenvalue weighted by atomic mass is 10.1. The van der Waals surface area contributed by atoms with Crippen molar-refractivity contribution in [2.45, 2.75) is 6.92 Å². The fourth-order valence-corrected chi connectivity index (χ4v) is 1.06. The summed E-state index contributed by atoms with van der Waals surface area (Å²) in [5, 5.41) is 7.57. The van der Waals surface area contributed by atoms with Crippen molar-refractivity contribution < 1.29 is 9.84 Å². The fourth-order valence-electron chi connectivity index (χ4n) is 1.06. The molecule has 70 valence electrons. The highest BCUT2D eigenvalue weighted by atomic mass is 16.5. The Bertz CT molecular complexity index is 279. The Morgan fingerprint density at radius 1 is 1.38 bits per heavy atom. The van der Waals surface area contributed by atoms with E-state index in [4.69, 9.17) is 9.84 Å². The van der Waals surface area contributed by atoms with Crippen molar-refractivity contribution in [3.63, 3.8) is 0 Å². The number of benzene rings is 1. The maximum atomic E-state index is 7.57. The summed E-state index contributed by atoms with van der Waals surface area (Å²) >= 11 is 0. The van der Waals surface area contributed by atoms with Crippen LogP contribution in [0.2, 0.25) is 0 Å². The number of aliphatic hydroxyl groups is 1. The molecule has 1 aromatic rings. The van der Waals surface area contributed by atoms with Gasteiger partial charge in [0.25, 0.3) is 0 Å². The predicted molar refractivity (Wildman–Crippen MR) is 53.7 cm³/mol. The molecule has 2 heteroatoms. The molecule has 2 nitrogen and oxygen atoms in total. The van der Waals surface area contributed by atoms with E-state index in [1.54, 1.807) is 6.92 Å². The summed E-state index contributed by atoms with van der Waals surface area (Å²) in [4.78, 5) is 0. The highest BCUT2D eigenvalue weighted by molar-refractivity contribution is 5.58. The van der Waals surface area contributed by atoms with Crippen LogP contribution in [0.5, 0.6) is 5.75 Å². The van der Waals surface area contributed by atoms with Crippen LogP contribution in [0, 0.1) is 0 Å². The first kappa shape index (κ1) is 9.81. The lowest BCUT2D eigenvalue weighted by Gasteiger charge is -2.10. The average Bonchev–Trinajstić information content (AvgIpc) is 2.19. The predicted octanol–water partition coefficient (Wildman–Crippen LogP) is 2.09. The lowest BCUT2D eigenvalue weighted by Crippen LogP contribution is -1.98. The molecule has 1 aliphatic rings. The SMILES string of the molecule is C1=Cc2ccccc2OC1.CCO. The lowest BCUT2D eigenvalue weighted by molar-refractivity contribution is 0.318. The Hall–Kier alpha value is -1.28. The number of fused-ring (bicyclic) bond motifs is 1. The zero-order valence-corrected chi connectivity index (χ0v) is 7.73. The zero-order valence-electron chi connectivity index (χ0n) is 7.73. The molecule has 0 unspecified atom stereocenters. The molecule has 0 aromatic heterocycles. The second-order valence-electron chi connectivity index (χ2n) is 2.57. The first-order valence-corrected chi connectivity index (χ1v) is 4.37. The van der Waals surface area contributed by atoms with Crippen LogP contribution in [0.3, 0.4) is 0 Å². The van der Waals surface area contributed by atoms with Crippen LogP contribution >= 0.6 is 0 Å². The van der Waals surface area contributed by atoms with E-state index in [1.807, 2.05) is 30.3 Å². The number of hydrogen-bond acceptors (Lipinski definition) is 2. The smallest absolute Gasteiger partial charge is 0.126 e. The molecule has 13 heavy (non-hydrogen) atoms. The summed E-state index contributed by atoms with van der Waals surface area (Å²) in [5.74, 6) is 0.991. The second kappa shape index (κ2) is 5.38. The normalized spacial score (nSPS) is 12.2. The zero-order chi connectivity index (χ0) is 9.52. The second-order valence-corrected chi connectivity index (χ2v) is 2.57. The van der Waals surface area contributed by atoms with Crippen molar-refractivity contribution in [3.8, 4) is 5.75 Å². The van der Waals surface area contributed by atoms with Crippen molar-refractivity contribution in [1.29, 1.82) is 0 Å². The van der Waals surface area contributed by atoms with E-state index in [9.17, 15) is 0 Å². The van der Waals surface area contributed by atoms with Gasteiger partial charge in [0.15, 0.2) is 0 Å². The van der Waals surface area contributed by atoms with Gasteiger partial charge in [-0.2, -0.15) is 0 Å². The van der Waals surface area contributed by atoms with Crippen LogP contribution in [0.1, 0.15) is 12.5 Å². The van der Waals surface area contributed by atoms with Crippen molar-refractivity contribution >= 4 is 6.08 Å². The van der Waals surface area contributed by atoms with E-state index in [0.29, 0.717) is 6.61 Å². The summed E-state index contributed by atoms with van der Waals surface area (Å²) in [5.41, 5.74) is 1.17. The Balaban J connectivity index is 0.000000251. The van der Waals surface area contributed by atoms with E-state index in [1.165, 1.54) is 5.56 Å². The Labute approximate surface area is 78.5 Å². The number of hydrogen-bond donors (Lipinski definition) is 1. The molecule has 0 amide bonds.